The Balaban J connectivity index is 2.35. The Labute approximate surface area is 98.1 Å². The summed E-state index contributed by atoms with van der Waals surface area (Å²) < 4.78 is 26.6. The second-order valence-electron chi connectivity index (χ2n) is 3.79. The van der Waals surface area contributed by atoms with E-state index in [1.807, 2.05) is 0 Å². The molecule has 0 saturated carbocycles. The minimum Gasteiger partial charge on any atom is -0.397 e. The first-order valence-corrected chi connectivity index (χ1v) is 5.15. The largest absolute Gasteiger partial charge is 0.397 e. The van der Waals surface area contributed by atoms with Crippen LogP contribution >= 0.6 is 0 Å². The molecule has 0 atom stereocenters. The topological polar surface area (TPSA) is 38.0 Å². The van der Waals surface area contributed by atoms with Gasteiger partial charge in [-0.1, -0.05) is 6.07 Å². The molecule has 3 N–H and O–H groups in total. The predicted octanol–water partition coefficient (Wildman–Crippen LogP) is 3.60. The van der Waals surface area contributed by atoms with Crippen molar-refractivity contribution in [3.63, 3.8) is 0 Å². The molecule has 0 aliphatic carbocycles. The fourth-order valence-electron chi connectivity index (χ4n) is 1.54. The molecule has 0 aliphatic rings. The van der Waals surface area contributed by atoms with E-state index in [4.69, 9.17) is 5.73 Å². The number of hydrogen-bond donors (Lipinski definition) is 2. The van der Waals surface area contributed by atoms with Crippen LogP contribution in [0.3, 0.4) is 0 Å². The van der Waals surface area contributed by atoms with Gasteiger partial charge in [0.15, 0.2) is 0 Å². The summed E-state index contributed by atoms with van der Waals surface area (Å²) in [5, 5.41) is 2.84. The lowest BCUT2D eigenvalue weighted by Crippen LogP contribution is -1.99. The van der Waals surface area contributed by atoms with Crippen molar-refractivity contribution in [3.05, 3.63) is 53.6 Å². The fourth-order valence-corrected chi connectivity index (χ4v) is 1.54. The van der Waals surface area contributed by atoms with Crippen LogP contribution in [0.25, 0.3) is 0 Å². The molecule has 0 heterocycles. The van der Waals surface area contributed by atoms with E-state index in [0.717, 1.165) is 0 Å². The van der Waals surface area contributed by atoms with Crippen molar-refractivity contribution >= 4 is 17.1 Å². The van der Waals surface area contributed by atoms with Crippen LogP contribution in [0.4, 0.5) is 25.8 Å². The van der Waals surface area contributed by atoms with Crippen LogP contribution < -0.4 is 11.1 Å². The maximum absolute atomic E-state index is 13.5. The smallest absolute Gasteiger partial charge is 0.148 e. The van der Waals surface area contributed by atoms with Gasteiger partial charge in [-0.15, -0.1) is 0 Å². The molecule has 0 aromatic heterocycles. The number of nitrogens with one attached hydrogen (secondary N) is 1. The van der Waals surface area contributed by atoms with Gasteiger partial charge in [-0.2, -0.15) is 0 Å². The van der Waals surface area contributed by atoms with Crippen LogP contribution in [0.5, 0.6) is 0 Å². The highest BCUT2D eigenvalue weighted by molar-refractivity contribution is 5.73. The Kier molecular flexibility index (Phi) is 2.95. The molecule has 88 valence electrons. The normalized spacial score (nSPS) is 10.3. The molecule has 2 aromatic rings. The van der Waals surface area contributed by atoms with Gasteiger partial charge in [-0.3, -0.25) is 0 Å². The van der Waals surface area contributed by atoms with E-state index < -0.39 is 5.82 Å². The summed E-state index contributed by atoms with van der Waals surface area (Å²) in [6, 6.07) is 8.91. The van der Waals surface area contributed by atoms with E-state index in [9.17, 15) is 8.78 Å². The van der Waals surface area contributed by atoms with Gasteiger partial charge >= 0.3 is 0 Å². The summed E-state index contributed by atoms with van der Waals surface area (Å²) in [5.74, 6) is -0.732. The van der Waals surface area contributed by atoms with Crippen LogP contribution in [0.15, 0.2) is 36.4 Å². The zero-order valence-electron chi connectivity index (χ0n) is 9.30. The first-order valence-electron chi connectivity index (χ1n) is 5.15. The summed E-state index contributed by atoms with van der Waals surface area (Å²) >= 11 is 0. The SMILES string of the molecule is Cc1cc(Nc2c(N)cccc2F)ccc1F. The van der Waals surface area contributed by atoms with Gasteiger partial charge < -0.3 is 11.1 Å². The van der Waals surface area contributed by atoms with E-state index in [0.29, 0.717) is 16.9 Å². The molecule has 2 aromatic carbocycles. The minimum absolute atomic E-state index is 0.207. The maximum atomic E-state index is 13.5. The fraction of sp³-hybridized carbons (Fsp3) is 0.0769. The average Bonchev–Trinajstić information content (AvgIpc) is 2.28. The Bertz CT molecular complexity index is 533. The number of rotatable bonds is 2. The lowest BCUT2D eigenvalue weighted by Gasteiger charge is -2.11. The third-order valence-corrected chi connectivity index (χ3v) is 2.47. The molecule has 0 amide bonds. The summed E-state index contributed by atoms with van der Waals surface area (Å²) in [6.07, 6.45) is 0. The molecular weight excluding hydrogens is 222 g/mol. The Hall–Kier alpha value is -2.10. The number of anilines is 3. The summed E-state index contributed by atoms with van der Waals surface area (Å²) in [4.78, 5) is 0. The molecule has 0 radical (unpaired) electrons. The first kappa shape index (κ1) is 11.4. The third kappa shape index (κ3) is 2.36. The van der Waals surface area contributed by atoms with E-state index in [-0.39, 0.29) is 11.5 Å². The number of nitrogens with two attached hydrogens (primary N) is 1. The highest BCUT2D eigenvalue weighted by Gasteiger charge is 2.06. The van der Waals surface area contributed by atoms with E-state index in [1.165, 1.54) is 24.3 Å². The Morgan fingerprint density at radius 3 is 2.47 bits per heavy atom. The van der Waals surface area contributed by atoms with Gasteiger partial charge in [0, 0.05) is 5.69 Å². The molecular formula is C13H12F2N2. The average molecular weight is 234 g/mol. The lowest BCUT2D eigenvalue weighted by atomic mass is 10.2. The van der Waals surface area contributed by atoms with Crippen molar-refractivity contribution in [2.24, 2.45) is 0 Å². The predicted molar refractivity (Wildman–Crippen MR) is 65.2 cm³/mol. The van der Waals surface area contributed by atoms with Crippen LogP contribution in [-0.4, -0.2) is 0 Å². The Morgan fingerprint density at radius 1 is 1.06 bits per heavy atom. The highest BCUT2D eigenvalue weighted by Crippen LogP contribution is 2.26. The zero-order chi connectivity index (χ0) is 12.4. The first-order chi connectivity index (χ1) is 8.08. The van der Waals surface area contributed by atoms with Gasteiger partial charge in [0.05, 0.1) is 11.4 Å². The van der Waals surface area contributed by atoms with Crippen LogP contribution in [0.1, 0.15) is 5.56 Å². The third-order valence-electron chi connectivity index (χ3n) is 2.47. The molecule has 0 spiro atoms. The number of hydrogen-bond acceptors (Lipinski definition) is 2. The molecule has 0 unspecified atom stereocenters. The van der Waals surface area contributed by atoms with E-state index in [1.54, 1.807) is 19.1 Å². The second kappa shape index (κ2) is 4.41. The van der Waals surface area contributed by atoms with Crippen LogP contribution in [0.2, 0.25) is 0 Å². The minimum atomic E-state index is -0.438. The molecule has 2 rings (SSSR count). The molecule has 0 fully saturated rings. The standard InChI is InChI=1S/C13H12F2N2/c1-8-7-9(5-6-10(8)14)17-13-11(15)3-2-4-12(13)16/h2-7,17H,16H2,1H3. The number of para-hydroxylation sites is 1. The van der Waals surface area contributed by atoms with Crippen LogP contribution in [0, 0.1) is 18.6 Å². The number of benzene rings is 2. The molecule has 0 bridgehead atoms. The van der Waals surface area contributed by atoms with E-state index in [2.05, 4.69) is 5.32 Å². The summed E-state index contributed by atoms with van der Waals surface area (Å²) in [6.45, 7) is 1.64. The maximum Gasteiger partial charge on any atom is 0.148 e. The summed E-state index contributed by atoms with van der Waals surface area (Å²) in [7, 11) is 0. The van der Waals surface area contributed by atoms with Gasteiger partial charge in [0.1, 0.15) is 11.6 Å². The number of nitrogen functional groups attached to an aromatic ring is 1. The van der Waals surface area contributed by atoms with Gasteiger partial charge in [0.25, 0.3) is 0 Å². The van der Waals surface area contributed by atoms with Gasteiger partial charge in [-0.05, 0) is 42.8 Å². The van der Waals surface area contributed by atoms with Crippen molar-refractivity contribution in [3.8, 4) is 0 Å². The molecule has 0 saturated heterocycles. The van der Waals surface area contributed by atoms with Crippen molar-refractivity contribution in [2.45, 2.75) is 6.92 Å². The quantitative estimate of drug-likeness (QED) is 0.779. The van der Waals surface area contributed by atoms with Crippen LogP contribution in [-0.2, 0) is 0 Å². The molecule has 17 heavy (non-hydrogen) atoms. The zero-order valence-corrected chi connectivity index (χ0v) is 9.30. The summed E-state index contributed by atoms with van der Waals surface area (Å²) in [5.41, 5.74) is 7.27. The second-order valence-corrected chi connectivity index (χ2v) is 3.79. The molecule has 0 aliphatic heterocycles. The van der Waals surface area contributed by atoms with Crippen molar-refractivity contribution < 1.29 is 8.78 Å². The highest BCUT2D eigenvalue weighted by atomic mass is 19.1. The lowest BCUT2D eigenvalue weighted by molar-refractivity contribution is 0.618. The van der Waals surface area contributed by atoms with Gasteiger partial charge in [-0.25, -0.2) is 8.78 Å². The molecule has 4 heteroatoms. The van der Waals surface area contributed by atoms with Crippen molar-refractivity contribution in [2.75, 3.05) is 11.1 Å². The van der Waals surface area contributed by atoms with Crippen molar-refractivity contribution in [1.82, 2.24) is 0 Å². The van der Waals surface area contributed by atoms with E-state index >= 15 is 0 Å². The van der Waals surface area contributed by atoms with Crippen molar-refractivity contribution in [1.29, 1.82) is 0 Å². The molecule has 2 nitrogen and oxygen atoms in total. The van der Waals surface area contributed by atoms with Gasteiger partial charge in [0.2, 0.25) is 0 Å². The number of aryl methyl sites for hydroxylation is 1. The Morgan fingerprint density at radius 2 is 1.82 bits per heavy atom. The monoisotopic (exact) mass is 234 g/mol. The number of halogens is 2.